The van der Waals surface area contributed by atoms with Gasteiger partial charge in [0.2, 0.25) is 0 Å². The average Bonchev–Trinajstić information content (AvgIpc) is 3.37. The maximum absolute atomic E-state index is 6.28. The number of imidazole rings is 1. The summed E-state index contributed by atoms with van der Waals surface area (Å²) in [4.78, 5) is 11.7. The van der Waals surface area contributed by atoms with Crippen LogP contribution < -0.4 is 10.6 Å². The smallest absolute Gasteiger partial charge is 0.126 e. The Bertz CT molecular complexity index is 1390. The van der Waals surface area contributed by atoms with Crippen molar-refractivity contribution in [2.45, 2.75) is 31.1 Å². The van der Waals surface area contributed by atoms with Gasteiger partial charge in [-0.25, -0.2) is 4.98 Å². The number of nitrogen functional groups attached to an aromatic ring is 1. The van der Waals surface area contributed by atoms with E-state index in [1.165, 1.54) is 22.4 Å². The van der Waals surface area contributed by atoms with Crippen LogP contribution in [0.15, 0.2) is 115 Å². The van der Waals surface area contributed by atoms with Crippen LogP contribution in [0.3, 0.4) is 0 Å². The zero-order valence-electron chi connectivity index (χ0n) is 21.8. The number of aromatic nitrogens is 2. The lowest BCUT2D eigenvalue weighted by Gasteiger charge is -2.35. The number of rotatable bonds is 6. The second kappa shape index (κ2) is 10.2. The van der Waals surface area contributed by atoms with Gasteiger partial charge in [0.25, 0.3) is 0 Å². The Hall–Kier alpha value is -4.31. The monoisotopic (exact) mass is 498 g/mol. The molecule has 1 aliphatic rings. The Balaban J connectivity index is 1.43. The molecule has 0 atom stereocenters. The molecule has 1 aromatic heterocycles. The third-order valence-corrected chi connectivity index (χ3v) is 8.06. The predicted molar refractivity (Wildman–Crippen MR) is 157 cm³/mol. The molecule has 0 saturated carbocycles. The lowest BCUT2D eigenvalue weighted by molar-refractivity contribution is 0.495. The zero-order valence-corrected chi connectivity index (χ0v) is 21.8. The van der Waals surface area contributed by atoms with E-state index in [0.29, 0.717) is 5.92 Å². The number of benzene rings is 4. The van der Waals surface area contributed by atoms with Crippen LogP contribution >= 0.6 is 0 Å². The van der Waals surface area contributed by atoms with E-state index in [2.05, 4.69) is 120 Å². The highest BCUT2D eigenvalue weighted by Crippen LogP contribution is 2.45. The van der Waals surface area contributed by atoms with Crippen molar-refractivity contribution in [3.8, 4) is 0 Å². The number of H-pyrrole nitrogens is 1. The van der Waals surface area contributed by atoms with E-state index in [1.54, 1.807) is 0 Å². The van der Waals surface area contributed by atoms with Crippen LogP contribution in [-0.2, 0) is 5.41 Å². The van der Waals surface area contributed by atoms with Gasteiger partial charge in [0.15, 0.2) is 0 Å². The van der Waals surface area contributed by atoms with Gasteiger partial charge in [-0.05, 0) is 48.6 Å². The van der Waals surface area contributed by atoms with Crippen molar-refractivity contribution in [1.29, 1.82) is 0 Å². The van der Waals surface area contributed by atoms with Crippen molar-refractivity contribution < 1.29 is 0 Å². The quantitative estimate of drug-likeness (QED) is 0.194. The highest BCUT2D eigenvalue weighted by atomic mass is 15.1. The minimum atomic E-state index is -0.550. The molecular weight excluding hydrogens is 464 g/mol. The van der Waals surface area contributed by atoms with Gasteiger partial charge in [0.05, 0.1) is 17.1 Å². The molecule has 3 N–H and O–H groups in total. The molecule has 4 aromatic carbocycles. The Labute approximate surface area is 225 Å². The standard InChI is InChI=1S/C34H34N4/c1-25-32(26-21-23-38(24-22-26)31-20-12-11-19-30(31)35)37-33(36-25)34(27-13-5-2-6-14-27,28-15-7-3-8-16-28)29-17-9-4-10-18-29/h2-20,26H,21-24,35H2,1H3,(H,36,37). The molecule has 38 heavy (non-hydrogen) atoms. The average molecular weight is 499 g/mol. The van der Waals surface area contributed by atoms with Gasteiger partial charge in [-0.1, -0.05) is 103 Å². The van der Waals surface area contributed by atoms with E-state index in [9.17, 15) is 0 Å². The lowest BCUT2D eigenvalue weighted by Crippen LogP contribution is -2.34. The number of aromatic amines is 1. The maximum Gasteiger partial charge on any atom is 0.126 e. The maximum atomic E-state index is 6.28. The van der Waals surface area contributed by atoms with Crippen molar-refractivity contribution in [3.05, 3.63) is 149 Å². The Morgan fingerprint density at radius 3 is 1.68 bits per heavy atom. The van der Waals surface area contributed by atoms with Crippen molar-refractivity contribution in [2.24, 2.45) is 0 Å². The summed E-state index contributed by atoms with van der Waals surface area (Å²) < 4.78 is 0. The summed E-state index contributed by atoms with van der Waals surface area (Å²) in [6.45, 7) is 4.13. The fraction of sp³-hybridized carbons (Fsp3) is 0.206. The Morgan fingerprint density at radius 1 is 0.711 bits per heavy atom. The number of hydrogen-bond acceptors (Lipinski definition) is 3. The van der Waals surface area contributed by atoms with Crippen molar-refractivity contribution in [1.82, 2.24) is 9.97 Å². The summed E-state index contributed by atoms with van der Waals surface area (Å²) in [7, 11) is 0. The van der Waals surface area contributed by atoms with Gasteiger partial charge in [-0.3, -0.25) is 0 Å². The fourth-order valence-electron chi connectivity index (χ4n) is 6.19. The van der Waals surface area contributed by atoms with Crippen LogP contribution in [0.2, 0.25) is 0 Å². The molecule has 0 amide bonds. The van der Waals surface area contributed by atoms with Gasteiger partial charge in [-0.15, -0.1) is 0 Å². The molecule has 1 aliphatic heterocycles. The van der Waals surface area contributed by atoms with E-state index in [1.807, 2.05) is 12.1 Å². The number of nitrogens with one attached hydrogen (secondary N) is 1. The summed E-state index contributed by atoms with van der Waals surface area (Å²) in [5.41, 5.74) is 13.7. The highest BCUT2D eigenvalue weighted by Gasteiger charge is 2.42. The molecule has 0 aliphatic carbocycles. The van der Waals surface area contributed by atoms with E-state index in [4.69, 9.17) is 10.7 Å². The number of hydrogen-bond donors (Lipinski definition) is 2. The molecule has 4 heteroatoms. The van der Waals surface area contributed by atoms with Crippen LogP contribution in [0, 0.1) is 6.92 Å². The van der Waals surface area contributed by atoms with Crippen LogP contribution in [0.4, 0.5) is 11.4 Å². The first-order valence-electron chi connectivity index (χ1n) is 13.5. The highest BCUT2D eigenvalue weighted by molar-refractivity contribution is 5.67. The first-order chi connectivity index (χ1) is 18.7. The van der Waals surface area contributed by atoms with Crippen molar-refractivity contribution >= 4 is 11.4 Å². The van der Waals surface area contributed by atoms with Crippen LogP contribution in [0.1, 0.15) is 52.7 Å². The number of aryl methyl sites for hydroxylation is 1. The minimum Gasteiger partial charge on any atom is -0.397 e. The van der Waals surface area contributed by atoms with E-state index in [0.717, 1.165) is 48.8 Å². The summed E-state index contributed by atoms with van der Waals surface area (Å²) in [5.74, 6) is 1.38. The number of nitrogens with zero attached hydrogens (tertiary/aromatic N) is 2. The molecule has 0 spiro atoms. The number of nitrogens with two attached hydrogens (primary N) is 1. The van der Waals surface area contributed by atoms with Crippen LogP contribution in [0.5, 0.6) is 0 Å². The summed E-state index contributed by atoms with van der Waals surface area (Å²) in [6, 6.07) is 40.5. The lowest BCUT2D eigenvalue weighted by atomic mass is 9.69. The largest absolute Gasteiger partial charge is 0.397 e. The molecule has 1 saturated heterocycles. The first-order valence-corrected chi connectivity index (χ1v) is 13.5. The second-order valence-electron chi connectivity index (χ2n) is 10.3. The second-order valence-corrected chi connectivity index (χ2v) is 10.3. The zero-order chi connectivity index (χ0) is 26.0. The SMILES string of the molecule is Cc1[nH]c(C(c2ccccc2)(c2ccccc2)c2ccccc2)nc1C1CCN(c2ccccc2N)CC1. The minimum absolute atomic E-state index is 0.404. The van der Waals surface area contributed by atoms with Crippen LogP contribution in [-0.4, -0.2) is 23.1 Å². The third-order valence-electron chi connectivity index (χ3n) is 8.06. The molecule has 1 fully saturated rings. The van der Waals surface area contributed by atoms with E-state index in [-0.39, 0.29) is 0 Å². The molecule has 2 heterocycles. The van der Waals surface area contributed by atoms with Gasteiger partial charge >= 0.3 is 0 Å². The molecule has 0 bridgehead atoms. The van der Waals surface area contributed by atoms with E-state index >= 15 is 0 Å². The van der Waals surface area contributed by atoms with Gasteiger partial charge in [-0.2, -0.15) is 0 Å². The van der Waals surface area contributed by atoms with Gasteiger partial charge < -0.3 is 15.6 Å². The first kappa shape index (κ1) is 24.1. The summed E-state index contributed by atoms with van der Waals surface area (Å²) >= 11 is 0. The Kier molecular flexibility index (Phi) is 6.47. The number of piperidine rings is 1. The van der Waals surface area contributed by atoms with Crippen molar-refractivity contribution in [3.63, 3.8) is 0 Å². The number of para-hydroxylation sites is 2. The fourth-order valence-corrected chi connectivity index (χ4v) is 6.19. The molecule has 5 aromatic rings. The van der Waals surface area contributed by atoms with Gasteiger partial charge in [0, 0.05) is 24.7 Å². The molecule has 4 nitrogen and oxygen atoms in total. The predicted octanol–water partition coefficient (Wildman–Crippen LogP) is 7.07. The summed E-state index contributed by atoms with van der Waals surface area (Å²) in [6.07, 6.45) is 2.10. The molecule has 190 valence electrons. The summed E-state index contributed by atoms with van der Waals surface area (Å²) in [5, 5.41) is 0. The number of anilines is 2. The molecule has 0 unspecified atom stereocenters. The molecule has 0 radical (unpaired) electrons. The van der Waals surface area contributed by atoms with E-state index < -0.39 is 5.41 Å². The molecular formula is C34H34N4. The third kappa shape index (κ3) is 4.16. The topological polar surface area (TPSA) is 57.9 Å². The van der Waals surface area contributed by atoms with Gasteiger partial charge in [0.1, 0.15) is 11.2 Å². The Morgan fingerprint density at radius 2 is 1.18 bits per heavy atom. The van der Waals surface area contributed by atoms with Crippen molar-refractivity contribution in [2.75, 3.05) is 23.7 Å². The van der Waals surface area contributed by atoms with Crippen LogP contribution in [0.25, 0.3) is 0 Å². The molecule has 6 rings (SSSR count). The normalized spacial score (nSPS) is 14.5.